The first-order valence-electron chi connectivity index (χ1n) is 9.99. The molecule has 154 valence electrons. The lowest BCUT2D eigenvalue weighted by atomic mass is 9.88. The van der Waals surface area contributed by atoms with Gasteiger partial charge in [-0.1, -0.05) is 30.3 Å². The van der Waals surface area contributed by atoms with Crippen LogP contribution < -0.4 is 9.47 Å². The standard InChI is InChI=1S/C25H25NO4/c1-29-20-9-10-21-19(16-20)12-13-26(25(28)18-6-4-3-5-7-18)22(21)14-17-8-11-24(30-2)23(27)15-17/h3-11,15-16,22,27H,12-14H2,1-2H3. The first-order valence-corrected chi connectivity index (χ1v) is 9.99. The minimum atomic E-state index is -0.139. The zero-order valence-corrected chi connectivity index (χ0v) is 17.2. The second kappa shape index (κ2) is 8.49. The zero-order chi connectivity index (χ0) is 21.1. The Labute approximate surface area is 176 Å². The van der Waals surface area contributed by atoms with E-state index < -0.39 is 0 Å². The maximum Gasteiger partial charge on any atom is 0.254 e. The molecule has 0 saturated heterocycles. The fourth-order valence-electron chi connectivity index (χ4n) is 4.11. The van der Waals surface area contributed by atoms with Crippen LogP contribution in [0, 0.1) is 0 Å². The van der Waals surface area contributed by atoms with Crippen molar-refractivity contribution in [2.75, 3.05) is 20.8 Å². The van der Waals surface area contributed by atoms with Crippen molar-refractivity contribution >= 4 is 5.91 Å². The first kappa shape index (κ1) is 19.8. The fraction of sp³-hybridized carbons (Fsp3) is 0.240. The highest BCUT2D eigenvalue weighted by molar-refractivity contribution is 5.94. The van der Waals surface area contributed by atoms with Crippen LogP contribution in [0.1, 0.15) is 33.1 Å². The number of phenols is 1. The Morgan fingerprint density at radius 1 is 1.03 bits per heavy atom. The van der Waals surface area contributed by atoms with Gasteiger partial charge in [-0.25, -0.2) is 0 Å². The molecule has 0 aromatic heterocycles. The summed E-state index contributed by atoms with van der Waals surface area (Å²) in [5.74, 6) is 1.36. The van der Waals surface area contributed by atoms with Crippen molar-refractivity contribution in [3.8, 4) is 17.2 Å². The lowest BCUT2D eigenvalue weighted by Crippen LogP contribution is -2.41. The van der Waals surface area contributed by atoms with Gasteiger partial charge in [0.15, 0.2) is 11.5 Å². The molecule has 1 aliphatic rings. The molecular formula is C25H25NO4. The van der Waals surface area contributed by atoms with Crippen LogP contribution in [0.4, 0.5) is 0 Å². The predicted octanol–water partition coefficient (Wildman–Crippen LogP) is 4.39. The molecule has 1 heterocycles. The number of carbonyl (C=O) groups excluding carboxylic acids is 1. The third-order valence-corrected chi connectivity index (χ3v) is 5.66. The monoisotopic (exact) mass is 403 g/mol. The number of carbonyl (C=O) groups is 1. The number of ether oxygens (including phenoxy) is 2. The Kier molecular flexibility index (Phi) is 5.61. The molecule has 0 saturated carbocycles. The molecule has 30 heavy (non-hydrogen) atoms. The Morgan fingerprint density at radius 3 is 2.53 bits per heavy atom. The highest BCUT2D eigenvalue weighted by Crippen LogP contribution is 2.37. The van der Waals surface area contributed by atoms with Crippen LogP contribution in [-0.4, -0.2) is 36.7 Å². The third-order valence-electron chi connectivity index (χ3n) is 5.66. The van der Waals surface area contributed by atoms with E-state index in [1.54, 1.807) is 19.2 Å². The van der Waals surface area contributed by atoms with Crippen molar-refractivity contribution in [1.82, 2.24) is 4.90 Å². The first-order chi connectivity index (χ1) is 14.6. The van der Waals surface area contributed by atoms with Gasteiger partial charge in [0.2, 0.25) is 0 Å². The number of methoxy groups -OCH3 is 2. The minimum absolute atomic E-state index is 0.0137. The van der Waals surface area contributed by atoms with Crippen molar-refractivity contribution in [2.24, 2.45) is 0 Å². The van der Waals surface area contributed by atoms with E-state index in [1.165, 1.54) is 12.7 Å². The number of fused-ring (bicyclic) bond motifs is 1. The van der Waals surface area contributed by atoms with E-state index in [-0.39, 0.29) is 17.7 Å². The molecule has 1 N–H and O–H groups in total. The molecule has 3 aromatic carbocycles. The van der Waals surface area contributed by atoms with Gasteiger partial charge in [0.1, 0.15) is 5.75 Å². The average Bonchev–Trinajstić information content (AvgIpc) is 2.79. The topological polar surface area (TPSA) is 59.0 Å². The molecule has 1 amide bonds. The highest BCUT2D eigenvalue weighted by Gasteiger charge is 2.32. The summed E-state index contributed by atoms with van der Waals surface area (Å²) in [5.41, 5.74) is 3.92. The third kappa shape index (κ3) is 3.83. The van der Waals surface area contributed by atoms with Gasteiger partial charge < -0.3 is 19.5 Å². The molecule has 1 atom stereocenters. The summed E-state index contributed by atoms with van der Waals surface area (Å²) in [6.45, 7) is 0.626. The second-order valence-corrected chi connectivity index (χ2v) is 7.41. The Morgan fingerprint density at radius 2 is 1.83 bits per heavy atom. The van der Waals surface area contributed by atoms with E-state index in [0.717, 1.165) is 23.3 Å². The maximum atomic E-state index is 13.3. The number of amides is 1. The van der Waals surface area contributed by atoms with Crippen molar-refractivity contribution in [1.29, 1.82) is 0 Å². The highest BCUT2D eigenvalue weighted by atomic mass is 16.5. The summed E-state index contributed by atoms with van der Waals surface area (Å²) in [4.78, 5) is 15.3. The van der Waals surface area contributed by atoms with E-state index in [9.17, 15) is 9.90 Å². The Balaban J connectivity index is 1.72. The smallest absolute Gasteiger partial charge is 0.254 e. The normalized spacial score (nSPS) is 15.4. The van der Waals surface area contributed by atoms with Gasteiger partial charge in [-0.2, -0.15) is 0 Å². The Hall–Kier alpha value is -3.47. The second-order valence-electron chi connectivity index (χ2n) is 7.41. The van der Waals surface area contributed by atoms with Gasteiger partial charge in [-0.3, -0.25) is 4.79 Å². The summed E-state index contributed by atoms with van der Waals surface area (Å²) < 4.78 is 10.6. The molecule has 0 spiro atoms. The van der Waals surface area contributed by atoms with Crippen LogP contribution in [-0.2, 0) is 12.8 Å². The zero-order valence-electron chi connectivity index (χ0n) is 17.2. The quantitative estimate of drug-likeness (QED) is 0.686. The molecule has 5 heteroatoms. The number of benzene rings is 3. The van der Waals surface area contributed by atoms with Crippen molar-refractivity contribution in [3.05, 3.63) is 89.0 Å². The molecule has 3 aromatic rings. The predicted molar refractivity (Wildman–Crippen MR) is 115 cm³/mol. The number of nitrogens with zero attached hydrogens (tertiary/aromatic N) is 1. The van der Waals surface area contributed by atoms with Crippen LogP contribution in [0.25, 0.3) is 0 Å². The molecular weight excluding hydrogens is 378 g/mol. The molecule has 1 aliphatic heterocycles. The summed E-state index contributed by atoms with van der Waals surface area (Å²) >= 11 is 0. The van der Waals surface area contributed by atoms with E-state index in [1.807, 2.05) is 53.4 Å². The average molecular weight is 403 g/mol. The van der Waals surface area contributed by atoms with Crippen LogP contribution in [0.5, 0.6) is 17.2 Å². The molecule has 0 bridgehead atoms. The lowest BCUT2D eigenvalue weighted by molar-refractivity contribution is 0.0660. The summed E-state index contributed by atoms with van der Waals surface area (Å²) in [6, 6.07) is 20.7. The summed E-state index contributed by atoms with van der Waals surface area (Å²) in [6.07, 6.45) is 1.37. The van der Waals surface area contributed by atoms with Crippen molar-refractivity contribution in [3.63, 3.8) is 0 Å². The van der Waals surface area contributed by atoms with E-state index in [4.69, 9.17) is 9.47 Å². The SMILES string of the molecule is COc1ccc2c(c1)CCN(C(=O)c1ccccc1)C2Cc1ccc(OC)c(O)c1. The molecule has 0 fully saturated rings. The number of phenolic OH excluding ortho intramolecular Hbond substituents is 1. The number of rotatable bonds is 5. The summed E-state index contributed by atoms with van der Waals surface area (Å²) in [7, 11) is 3.19. The summed E-state index contributed by atoms with van der Waals surface area (Å²) in [5, 5.41) is 10.2. The van der Waals surface area contributed by atoms with E-state index >= 15 is 0 Å². The number of hydrogen-bond donors (Lipinski definition) is 1. The van der Waals surface area contributed by atoms with E-state index in [2.05, 4.69) is 6.07 Å². The number of aromatic hydroxyl groups is 1. The van der Waals surface area contributed by atoms with Crippen LogP contribution in [0.15, 0.2) is 66.7 Å². The van der Waals surface area contributed by atoms with Gasteiger partial charge in [0.05, 0.1) is 20.3 Å². The largest absolute Gasteiger partial charge is 0.504 e. The van der Waals surface area contributed by atoms with Crippen LogP contribution in [0.2, 0.25) is 0 Å². The molecule has 0 aliphatic carbocycles. The molecule has 1 unspecified atom stereocenters. The van der Waals surface area contributed by atoms with Gasteiger partial charge in [-0.15, -0.1) is 0 Å². The van der Waals surface area contributed by atoms with Crippen molar-refractivity contribution < 1.29 is 19.4 Å². The Bertz CT molecular complexity index is 1050. The van der Waals surface area contributed by atoms with Gasteiger partial charge in [0, 0.05) is 12.1 Å². The van der Waals surface area contributed by atoms with Gasteiger partial charge in [-0.05, 0) is 65.9 Å². The van der Waals surface area contributed by atoms with E-state index in [0.29, 0.717) is 24.3 Å². The lowest BCUT2D eigenvalue weighted by Gasteiger charge is -2.38. The fourth-order valence-corrected chi connectivity index (χ4v) is 4.11. The van der Waals surface area contributed by atoms with Gasteiger partial charge in [0.25, 0.3) is 5.91 Å². The van der Waals surface area contributed by atoms with Crippen molar-refractivity contribution in [2.45, 2.75) is 18.9 Å². The van der Waals surface area contributed by atoms with Gasteiger partial charge >= 0.3 is 0 Å². The number of hydrogen-bond acceptors (Lipinski definition) is 4. The minimum Gasteiger partial charge on any atom is -0.504 e. The molecule has 4 rings (SSSR count). The molecule has 0 radical (unpaired) electrons. The maximum absolute atomic E-state index is 13.3. The van der Waals surface area contributed by atoms with Crippen LogP contribution in [0.3, 0.4) is 0 Å². The van der Waals surface area contributed by atoms with Crippen LogP contribution >= 0.6 is 0 Å². The molecule has 5 nitrogen and oxygen atoms in total.